The predicted octanol–water partition coefficient (Wildman–Crippen LogP) is 3.83. The molecule has 0 radical (unpaired) electrons. The van der Waals surface area contributed by atoms with E-state index in [0.29, 0.717) is 28.4 Å². The van der Waals surface area contributed by atoms with Crippen LogP contribution in [0.3, 0.4) is 0 Å². The molecule has 8 heteroatoms. The van der Waals surface area contributed by atoms with Crippen molar-refractivity contribution < 1.29 is 24.1 Å². The molecule has 1 aliphatic rings. The Kier molecular flexibility index (Phi) is 4.63. The molecule has 1 aromatic carbocycles. The molecule has 4 rings (SSSR count). The van der Waals surface area contributed by atoms with Crippen LogP contribution in [0.5, 0.6) is 5.75 Å². The number of fused-ring (bicyclic) bond motifs is 1. The van der Waals surface area contributed by atoms with Gasteiger partial charge in [0.2, 0.25) is 0 Å². The number of rotatable bonds is 4. The Labute approximate surface area is 167 Å². The number of methoxy groups -OCH3 is 1. The molecule has 2 N–H and O–H groups in total. The minimum Gasteiger partial charge on any atom is -0.493 e. The first-order valence-electron chi connectivity index (χ1n) is 9.93. The monoisotopic (exact) mass is 403 g/mol. The van der Waals surface area contributed by atoms with Gasteiger partial charge in [-0.1, -0.05) is 0 Å². The Bertz CT molecular complexity index is 1060. The molecule has 1 fully saturated rings. The molecule has 2 aromatic heterocycles. The van der Waals surface area contributed by atoms with Gasteiger partial charge in [0.15, 0.2) is 11.3 Å². The number of carbonyl (C=O) groups is 1. The van der Waals surface area contributed by atoms with Gasteiger partial charge in [-0.05, 0) is 30.3 Å². The lowest BCUT2D eigenvalue weighted by Crippen LogP contribution is -2.42. The number of hydrogen-bond acceptors (Lipinski definition) is 5. The summed E-state index contributed by atoms with van der Waals surface area (Å²) in [4.78, 5) is 18.4. The van der Waals surface area contributed by atoms with Crippen molar-refractivity contribution in [2.24, 2.45) is 5.73 Å². The van der Waals surface area contributed by atoms with Crippen molar-refractivity contribution >= 4 is 16.9 Å². The van der Waals surface area contributed by atoms with Gasteiger partial charge in [-0.25, -0.2) is 8.78 Å². The van der Waals surface area contributed by atoms with Crippen molar-refractivity contribution in [2.45, 2.75) is 25.3 Å². The fraction of sp³-hybridized carbons (Fsp3) is 0.333. The second-order valence-electron chi connectivity index (χ2n) is 7.03. The number of likely N-dealkylation sites (tertiary alicyclic amines) is 1. The lowest BCUT2D eigenvalue weighted by Gasteiger charge is -2.31. The normalized spacial score (nSPS) is 16.7. The molecule has 0 aliphatic carbocycles. The number of ether oxygens (including phenoxy) is 1. The van der Waals surface area contributed by atoms with Gasteiger partial charge in [0.05, 0.1) is 26.3 Å². The Morgan fingerprint density at radius 1 is 1.34 bits per heavy atom. The van der Waals surface area contributed by atoms with E-state index in [1.807, 2.05) is 6.07 Å². The van der Waals surface area contributed by atoms with Crippen LogP contribution in [0.2, 0.25) is 0 Å². The predicted molar refractivity (Wildman–Crippen MR) is 104 cm³/mol. The maximum absolute atomic E-state index is 13.3. The molecule has 3 aromatic rings. The molecule has 1 aliphatic heterocycles. The van der Waals surface area contributed by atoms with Gasteiger partial charge in [-0.2, -0.15) is 0 Å². The highest BCUT2D eigenvalue weighted by molar-refractivity contribution is 5.94. The van der Waals surface area contributed by atoms with E-state index < -0.39 is 5.92 Å². The number of halogens is 2. The number of furan rings is 1. The smallest absolute Gasteiger partial charge is 0.255 e. The summed E-state index contributed by atoms with van der Waals surface area (Å²) in [5, 5.41) is 0.771. The fourth-order valence-corrected chi connectivity index (χ4v) is 3.44. The van der Waals surface area contributed by atoms with Crippen molar-refractivity contribution in [3.63, 3.8) is 0 Å². The number of aromatic nitrogens is 1. The summed E-state index contributed by atoms with van der Waals surface area (Å²) >= 11 is 0. The van der Waals surface area contributed by atoms with Gasteiger partial charge < -0.3 is 19.8 Å². The van der Waals surface area contributed by atoms with E-state index >= 15 is 0 Å². The molecule has 29 heavy (non-hydrogen) atoms. The molecule has 0 unspecified atom stereocenters. The minimum atomic E-state index is -2.70. The SMILES string of the molecule is [3H]COc1cc(-c2ccc(C(=O)N3CCC(F)(F)CC3)cn2)cc2cc(CN)oc12. The highest BCUT2D eigenvalue weighted by Crippen LogP contribution is 2.34. The summed E-state index contributed by atoms with van der Waals surface area (Å²) in [6, 6.07) is 8.72. The van der Waals surface area contributed by atoms with Gasteiger partial charge in [0, 0.05) is 43.1 Å². The zero-order valence-corrected chi connectivity index (χ0v) is 15.7. The minimum absolute atomic E-state index is 0.0298. The molecule has 6 nitrogen and oxygen atoms in total. The highest BCUT2D eigenvalue weighted by atomic mass is 19.3. The maximum atomic E-state index is 13.3. The van der Waals surface area contributed by atoms with E-state index in [1.165, 1.54) is 11.1 Å². The van der Waals surface area contributed by atoms with Crippen molar-refractivity contribution in [1.29, 1.82) is 0 Å². The summed E-state index contributed by atoms with van der Waals surface area (Å²) in [6.07, 6.45) is 0.803. The lowest BCUT2D eigenvalue weighted by atomic mass is 10.0. The third kappa shape index (κ3) is 3.80. The number of carbonyl (C=O) groups excluding carboxylic acids is 1. The van der Waals surface area contributed by atoms with Crippen LogP contribution in [0.15, 0.2) is 40.9 Å². The summed E-state index contributed by atoms with van der Waals surface area (Å²) < 4.78 is 45.0. The number of pyridine rings is 1. The lowest BCUT2D eigenvalue weighted by molar-refractivity contribution is -0.0494. The number of hydrogen-bond donors (Lipinski definition) is 1. The van der Waals surface area contributed by atoms with Crippen molar-refractivity contribution in [3.8, 4) is 17.0 Å². The van der Waals surface area contributed by atoms with Gasteiger partial charge >= 0.3 is 0 Å². The number of alkyl halides is 2. The second kappa shape index (κ2) is 7.44. The summed E-state index contributed by atoms with van der Waals surface area (Å²) in [6.45, 7) is 0.298. The topological polar surface area (TPSA) is 81.6 Å². The molecular weight excluding hydrogens is 380 g/mol. The second-order valence-corrected chi connectivity index (χ2v) is 7.03. The molecule has 3 heterocycles. The van der Waals surface area contributed by atoms with Crippen molar-refractivity contribution in [1.82, 2.24) is 9.88 Å². The largest absolute Gasteiger partial charge is 0.493 e. The average molecular weight is 403 g/mol. The standard InChI is InChI=1S/C21H21F2N3O3/c1-28-18-10-14(8-15-9-16(11-24)29-19(15)18)17-3-2-13(12-25-17)20(27)26-6-4-21(22,23)5-7-26/h2-3,8-10,12H,4-7,11,24H2,1H3/i1T. The van der Waals surface area contributed by atoms with Crippen LogP contribution in [0.1, 0.15) is 30.3 Å². The molecule has 0 spiro atoms. The summed E-state index contributed by atoms with van der Waals surface area (Å²) in [5.41, 5.74) is 7.84. The Hall–Kier alpha value is -3.00. The average Bonchev–Trinajstić information content (AvgIpc) is 3.17. The maximum Gasteiger partial charge on any atom is 0.255 e. The van der Waals surface area contributed by atoms with Crippen molar-refractivity contribution in [3.05, 3.63) is 47.9 Å². The number of nitrogens with zero attached hydrogens (tertiary/aromatic N) is 2. The summed E-state index contributed by atoms with van der Waals surface area (Å²) in [5.74, 6) is -2.00. The third-order valence-corrected chi connectivity index (χ3v) is 5.08. The van der Waals surface area contributed by atoms with E-state index in [0.717, 1.165) is 10.9 Å². The highest BCUT2D eigenvalue weighted by Gasteiger charge is 2.35. The zero-order valence-electron chi connectivity index (χ0n) is 16.7. The van der Waals surface area contributed by atoms with Gasteiger partial charge in [0.1, 0.15) is 5.76 Å². The summed E-state index contributed by atoms with van der Waals surface area (Å²) in [7, 11) is -0.271. The van der Waals surface area contributed by atoms with Crippen LogP contribution in [-0.4, -0.2) is 41.9 Å². The van der Waals surface area contributed by atoms with E-state index in [-0.39, 0.29) is 45.5 Å². The van der Waals surface area contributed by atoms with E-state index in [9.17, 15) is 13.6 Å². The number of piperidine rings is 1. The molecule has 152 valence electrons. The first kappa shape index (κ1) is 18.1. The van der Waals surface area contributed by atoms with Gasteiger partial charge in [-0.15, -0.1) is 0 Å². The zero-order chi connectivity index (χ0) is 21.3. The van der Waals surface area contributed by atoms with E-state index in [4.69, 9.17) is 16.3 Å². The Morgan fingerprint density at radius 3 is 2.79 bits per heavy atom. The van der Waals surface area contributed by atoms with Gasteiger partial charge in [0.25, 0.3) is 11.8 Å². The molecule has 0 saturated carbocycles. The quantitative estimate of drug-likeness (QED) is 0.716. The van der Waals surface area contributed by atoms with Crippen molar-refractivity contribution in [2.75, 3.05) is 20.2 Å². The Morgan fingerprint density at radius 2 is 2.14 bits per heavy atom. The molecule has 1 saturated heterocycles. The van der Waals surface area contributed by atoms with Crippen LogP contribution in [0, 0.1) is 0 Å². The van der Waals surface area contributed by atoms with Gasteiger partial charge in [-0.3, -0.25) is 9.78 Å². The van der Waals surface area contributed by atoms with Crippen LogP contribution in [-0.2, 0) is 6.54 Å². The van der Waals surface area contributed by atoms with Crippen LogP contribution >= 0.6 is 0 Å². The molecule has 1 amide bonds. The van der Waals surface area contributed by atoms with Crippen LogP contribution < -0.4 is 10.5 Å². The van der Waals surface area contributed by atoms with E-state index in [1.54, 1.807) is 24.3 Å². The van der Waals surface area contributed by atoms with Crippen LogP contribution in [0.25, 0.3) is 22.2 Å². The molecule has 0 atom stereocenters. The number of amides is 1. The third-order valence-electron chi connectivity index (χ3n) is 5.08. The van der Waals surface area contributed by atoms with E-state index in [2.05, 4.69) is 4.98 Å². The molecular formula is C21H21F2N3O3. The first-order chi connectivity index (χ1) is 14.4. The van der Waals surface area contributed by atoms with Crippen LogP contribution in [0.4, 0.5) is 8.78 Å². The first-order valence-corrected chi connectivity index (χ1v) is 9.22. The Balaban J connectivity index is 1.59. The number of nitrogens with two attached hydrogens (primary N) is 1. The number of benzene rings is 1. The molecule has 0 bridgehead atoms. The fourth-order valence-electron chi connectivity index (χ4n) is 3.44.